The second-order valence-electron chi connectivity index (χ2n) is 7.79. The summed E-state index contributed by atoms with van der Waals surface area (Å²) in [5.41, 5.74) is 1.57. The first kappa shape index (κ1) is 12.5. The van der Waals surface area contributed by atoms with Crippen molar-refractivity contribution < 1.29 is 9.47 Å². The van der Waals surface area contributed by atoms with Crippen molar-refractivity contribution in [1.82, 2.24) is 0 Å². The minimum Gasteiger partial charge on any atom is -0.491 e. The van der Waals surface area contributed by atoms with Crippen LogP contribution in [0.5, 0.6) is 5.75 Å². The van der Waals surface area contributed by atoms with Crippen LogP contribution < -0.4 is 4.74 Å². The third-order valence-electron chi connectivity index (χ3n) is 6.33. The van der Waals surface area contributed by atoms with E-state index in [1.165, 1.54) is 32.1 Å². The number of ether oxygens (including phenoxy) is 2. The van der Waals surface area contributed by atoms with E-state index in [0.29, 0.717) is 12.7 Å². The standard InChI is InChI=1S/C19H24O2/c1-3-17(20-10-18-11-21-18)4-2-14(1)19-15-6-12-5-13(8-15)9-16(19)7-12/h1-4,12-13,15-16,18-19H,5-11H2. The molecule has 4 aliphatic carbocycles. The summed E-state index contributed by atoms with van der Waals surface area (Å²) in [6.07, 6.45) is 7.86. The summed E-state index contributed by atoms with van der Waals surface area (Å²) < 4.78 is 11.0. The zero-order valence-corrected chi connectivity index (χ0v) is 12.5. The van der Waals surface area contributed by atoms with Gasteiger partial charge in [0.15, 0.2) is 0 Å². The lowest BCUT2D eigenvalue weighted by molar-refractivity contribution is -0.00279. The highest BCUT2D eigenvalue weighted by Gasteiger charge is 2.48. The van der Waals surface area contributed by atoms with E-state index >= 15 is 0 Å². The zero-order chi connectivity index (χ0) is 13.8. The van der Waals surface area contributed by atoms with Crippen molar-refractivity contribution in [3.63, 3.8) is 0 Å². The van der Waals surface area contributed by atoms with Crippen molar-refractivity contribution in [2.45, 2.75) is 44.1 Å². The van der Waals surface area contributed by atoms with Gasteiger partial charge in [-0.25, -0.2) is 0 Å². The Labute approximate surface area is 126 Å². The molecule has 0 spiro atoms. The highest BCUT2D eigenvalue weighted by atomic mass is 16.6. The molecule has 2 nitrogen and oxygen atoms in total. The second kappa shape index (κ2) is 4.74. The molecule has 1 heterocycles. The van der Waals surface area contributed by atoms with Gasteiger partial charge in [-0.1, -0.05) is 12.1 Å². The third-order valence-corrected chi connectivity index (χ3v) is 6.33. The zero-order valence-electron chi connectivity index (χ0n) is 12.5. The molecule has 112 valence electrons. The monoisotopic (exact) mass is 284 g/mol. The molecule has 1 aromatic carbocycles. The van der Waals surface area contributed by atoms with Crippen molar-refractivity contribution in [3.05, 3.63) is 29.8 Å². The van der Waals surface area contributed by atoms with E-state index in [9.17, 15) is 0 Å². The molecule has 0 N–H and O–H groups in total. The SMILES string of the molecule is c1cc(C2C3CC4CC(C3)CC2C4)ccc1OCC1CO1. The minimum atomic E-state index is 0.342. The van der Waals surface area contributed by atoms with Crippen molar-refractivity contribution in [3.8, 4) is 5.75 Å². The van der Waals surface area contributed by atoms with Crippen LogP contribution in [0.1, 0.15) is 43.6 Å². The second-order valence-corrected chi connectivity index (χ2v) is 7.79. The Hall–Kier alpha value is -1.02. The summed E-state index contributed by atoms with van der Waals surface area (Å²) in [7, 11) is 0. The van der Waals surface area contributed by atoms with Crippen molar-refractivity contribution in [2.24, 2.45) is 23.7 Å². The molecule has 5 aliphatic rings. The van der Waals surface area contributed by atoms with Gasteiger partial charge in [-0.2, -0.15) is 0 Å². The first-order valence-electron chi connectivity index (χ1n) is 8.69. The maximum absolute atomic E-state index is 5.77. The Morgan fingerprint density at radius 3 is 2.10 bits per heavy atom. The van der Waals surface area contributed by atoms with Crippen LogP contribution >= 0.6 is 0 Å². The van der Waals surface area contributed by atoms with Crippen LogP contribution in [-0.4, -0.2) is 19.3 Å². The van der Waals surface area contributed by atoms with E-state index in [1.54, 1.807) is 5.56 Å². The quantitative estimate of drug-likeness (QED) is 0.779. The number of hydrogen-bond acceptors (Lipinski definition) is 2. The Kier molecular flexibility index (Phi) is 2.83. The van der Waals surface area contributed by atoms with Crippen molar-refractivity contribution in [2.75, 3.05) is 13.2 Å². The molecule has 6 rings (SSSR count). The van der Waals surface area contributed by atoms with Gasteiger partial charge in [0, 0.05) is 0 Å². The predicted molar refractivity (Wildman–Crippen MR) is 81.5 cm³/mol. The van der Waals surface area contributed by atoms with Crippen LogP contribution in [0.15, 0.2) is 24.3 Å². The van der Waals surface area contributed by atoms with Gasteiger partial charge in [0.2, 0.25) is 0 Å². The molecular formula is C19H24O2. The number of rotatable bonds is 4. The number of epoxide rings is 1. The Balaban J connectivity index is 1.32. The summed E-state index contributed by atoms with van der Waals surface area (Å²) >= 11 is 0. The third kappa shape index (κ3) is 2.28. The molecule has 4 bridgehead atoms. The fourth-order valence-corrected chi connectivity index (χ4v) is 5.61. The fraction of sp³-hybridized carbons (Fsp3) is 0.684. The molecule has 1 saturated heterocycles. The van der Waals surface area contributed by atoms with E-state index < -0.39 is 0 Å². The van der Waals surface area contributed by atoms with Crippen molar-refractivity contribution in [1.29, 1.82) is 0 Å². The largest absolute Gasteiger partial charge is 0.491 e. The van der Waals surface area contributed by atoms with E-state index in [-0.39, 0.29) is 0 Å². The Morgan fingerprint density at radius 2 is 1.52 bits per heavy atom. The van der Waals surface area contributed by atoms with Gasteiger partial charge in [0.1, 0.15) is 18.5 Å². The molecule has 1 aromatic rings. The summed E-state index contributed by atoms with van der Waals surface area (Å²) in [6, 6.07) is 9.00. The fourth-order valence-electron chi connectivity index (χ4n) is 5.61. The molecule has 2 heteroatoms. The van der Waals surface area contributed by atoms with Crippen LogP contribution in [0.4, 0.5) is 0 Å². The normalized spacial score (nSPS) is 43.0. The molecule has 0 amide bonds. The van der Waals surface area contributed by atoms with E-state index in [1.807, 2.05) is 0 Å². The predicted octanol–water partition coefficient (Wildman–Crippen LogP) is 4.00. The Bertz CT molecular complexity index is 489. The lowest BCUT2D eigenvalue weighted by atomic mass is 9.51. The minimum absolute atomic E-state index is 0.342. The van der Waals surface area contributed by atoms with E-state index in [4.69, 9.17) is 9.47 Å². The molecular weight excluding hydrogens is 260 g/mol. The molecule has 1 atom stereocenters. The molecule has 1 unspecified atom stereocenters. The molecule has 0 aromatic heterocycles. The van der Waals surface area contributed by atoms with Gasteiger partial charge >= 0.3 is 0 Å². The van der Waals surface area contributed by atoms with Gasteiger partial charge in [-0.15, -0.1) is 0 Å². The summed E-state index contributed by atoms with van der Waals surface area (Å²) in [4.78, 5) is 0. The lowest BCUT2D eigenvalue weighted by Crippen LogP contribution is -2.43. The van der Waals surface area contributed by atoms with Gasteiger partial charge in [0.25, 0.3) is 0 Å². The van der Waals surface area contributed by atoms with Crippen LogP contribution in [0.25, 0.3) is 0 Å². The molecule has 1 aliphatic heterocycles. The van der Waals surface area contributed by atoms with Crippen LogP contribution in [0.2, 0.25) is 0 Å². The van der Waals surface area contributed by atoms with Crippen molar-refractivity contribution >= 4 is 0 Å². The van der Waals surface area contributed by atoms with Gasteiger partial charge < -0.3 is 9.47 Å². The molecule has 5 fully saturated rings. The number of hydrogen-bond donors (Lipinski definition) is 0. The first-order valence-corrected chi connectivity index (χ1v) is 8.69. The molecule has 4 saturated carbocycles. The summed E-state index contributed by atoms with van der Waals surface area (Å²) in [5, 5.41) is 0. The maximum Gasteiger partial charge on any atom is 0.119 e. The summed E-state index contributed by atoms with van der Waals surface area (Å²) in [5.74, 6) is 5.88. The average Bonchev–Trinajstić information content (AvgIpc) is 3.29. The number of benzene rings is 1. The van der Waals surface area contributed by atoms with Gasteiger partial charge in [0.05, 0.1) is 6.61 Å². The topological polar surface area (TPSA) is 21.8 Å². The summed E-state index contributed by atoms with van der Waals surface area (Å²) in [6.45, 7) is 1.57. The highest BCUT2D eigenvalue weighted by molar-refractivity contribution is 5.31. The lowest BCUT2D eigenvalue weighted by Gasteiger charge is -2.54. The molecule has 21 heavy (non-hydrogen) atoms. The van der Waals surface area contributed by atoms with Crippen LogP contribution in [-0.2, 0) is 4.74 Å². The van der Waals surface area contributed by atoms with Crippen LogP contribution in [0.3, 0.4) is 0 Å². The average molecular weight is 284 g/mol. The van der Waals surface area contributed by atoms with Gasteiger partial charge in [-0.05, 0) is 79.4 Å². The smallest absolute Gasteiger partial charge is 0.119 e. The Morgan fingerprint density at radius 1 is 0.905 bits per heavy atom. The van der Waals surface area contributed by atoms with Crippen LogP contribution in [0, 0.1) is 23.7 Å². The van der Waals surface area contributed by atoms with E-state index in [2.05, 4.69) is 24.3 Å². The maximum atomic E-state index is 5.77. The van der Waals surface area contributed by atoms with E-state index in [0.717, 1.165) is 41.9 Å². The highest BCUT2D eigenvalue weighted by Crippen LogP contribution is 2.59. The first-order chi connectivity index (χ1) is 10.3. The molecule has 0 radical (unpaired) electrons. The van der Waals surface area contributed by atoms with Gasteiger partial charge in [-0.3, -0.25) is 0 Å².